The monoisotopic (exact) mass is 444 g/mol. The summed E-state index contributed by atoms with van der Waals surface area (Å²) < 4.78 is 5.53. The van der Waals surface area contributed by atoms with E-state index in [0.29, 0.717) is 11.3 Å². The van der Waals surface area contributed by atoms with Gasteiger partial charge in [-0.1, -0.05) is 48.5 Å². The fraction of sp³-hybridized carbons (Fsp3) is 0.192. The summed E-state index contributed by atoms with van der Waals surface area (Å²) in [6.07, 6.45) is -0.696. The fourth-order valence-electron chi connectivity index (χ4n) is 4.03. The molecule has 7 heteroatoms. The predicted octanol–water partition coefficient (Wildman–Crippen LogP) is 4.59. The van der Waals surface area contributed by atoms with Crippen LogP contribution in [-0.4, -0.2) is 48.2 Å². The Labute approximate surface area is 191 Å². The van der Waals surface area contributed by atoms with Crippen molar-refractivity contribution in [3.05, 3.63) is 89.5 Å². The maximum Gasteiger partial charge on any atom is 0.411 e. The summed E-state index contributed by atoms with van der Waals surface area (Å²) in [6.45, 7) is 0.332. The van der Waals surface area contributed by atoms with Crippen molar-refractivity contribution >= 4 is 23.7 Å². The number of hydrogen-bond donors (Lipinski definition) is 2. The average Bonchev–Trinajstić information content (AvgIpc) is 3.15. The van der Waals surface area contributed by atoms with Gasteiger partial charge in [0, 0.05) is 30.8 Å². The third kappa shape index (κ3) is 4.87. The molecule has 7 nitrogen and oxygen atoms in total. The molecule has 2 amide bonds. The van der Waals surface area contributed by atoms with Crippen LogP contribution in [0.15, 0.2) is 72.8 Å². The first-order valence-electron chi connectivity index (χ1n) is 10.6. The molecule has 33 heavy (non-hydrogen) atoms. The molecule has 2 N–H and O–H groups in total. The molecular formula is C26H24N2O5. The third-order valence-corrected chi connectivity index (χ3v) is 5.73. The zero-order valence-electron chi connectivity index (χ0n) is 18.2. The van der Waals surface area contributed by atoms with Gasteiger partial charge in [-0.15, -0.1) is 0 Å². The molecule has 3 aromatic rings. The van der Waals surface area contributed by atoms with Gasteiger partial charge in [-0.3, -0.25) is 14.9 Å². The summed E-state index contributed by atoms with van der Waals surface area (Å²) in [5, 5.41) is 11.4. The van der Waals surface area contributed by atoms with Gasteiger partial charge in [-0.05, 0) is 46.5 Å². The first-order chi connectivity index (χ1) is 15.9. The number of carbonyl (C=O) groups is 3. The van der Waals surface area contributed by atoms with Crippen molar-refractivity contribution < 1.29 is 24.2 Å². The second-order valence-electron chi connectivity index (χ2n) is 7.90. The van der Waals surface area contributed by atoms with Gasteiger partial charge >= 0.3 is 12.1 Å². The maximum atomic E-state index is 12.4. The number of nitrogens with zero attached hydrogens (tertiary/aromatic N) is 1. The van der Waals surface area contributed by atoms with Crippen LogP contribution in [0.1, 0.15) is 33.8 Å². The van der Waals surface area contributed by atoms with E-state index < -0.39 is 12.1 Å². The Kier molecular flexibility index (Phi) is 6.40. The highest BCUT2D eigenvalue weighted by atomic mass is 16.5. The molecule has 3 aromatic carbocycles. The van der Waals surface area contributed by atoms with E-state index in [1.54, 1.807) is 31.3 Å². The number of carboxylic acids is 1. The zero-order valence-corrected chi connectivity index (χ0v) is 18.2. The Bertz CT molecular complexity index is 1140. The first kappa shape index (κ1) is 22.1. The van der Waals surface area contributed by atoms with Gasteiger partial charge < -0.3 is 14.7 Å². The minimum absolute atomic E-state index is 0.0236. The van der Waals surface area contributed by atoms with Crippen molar-refractivity contribution in [1.29, 1.82) is 0 Å². The van der Waals surface area contributed by atoms with E-state index in [-0.39, 0.29) is 31.4 Å². The lowest BCUT2D eigenvalue weighted by molar-refractivity contribution is -0.137. The van der Waals surface area contributed by atoms with Crippen LogP contribution >= 0.6 is 0 Å². The van der Waals surface area contributed by atoms with Gasteiger partial charge in [0.15, 0.2) is 0 Å². The standard InChI is InChI=1S/C26H24N2O5/c1-28(15-14-24(29)30)25(31)17-10-12-18(13-11-17)27-26(32)33-16-23-21-8-4-2-6-19(21)20-7-3-5-9-22(20)23/h2-13,23H,14-16H2,1H3,(H,27,32)(H,29,30). The van der Waals surface area contributed by atoms with E-state index in [2.05, 4.69) is 29.6 Å². The van der Waals surface area contributed by atoms with Gasteiger partial charge in [-0.25, -0.2) is 4.79 Å². The topological polar surface area (TPSA) is 95.9 Å². The van der Waals surface area contributed by atoms with Gasteiger partial charge in [0.05, 0.1) is 6.42 Å². The Morgan fingerprint density at radius 2 is 1.48 bits per heavy atom. The molecule has 1 aliphatic carbocycles. The SMILES string of the molecule is CN(CCC(=O)O)C(=O)c1ccc(NC(=O)OCC2c3ccccc3-c3ccccc32)cc1. The number of carboxylic acid groups (broad SMARTS) is 1. The van der Waals surface area contributed by atoms with Crippen LogP contribution < -0.4 is 5.32 Å². The number of rotatable bonds is 7. The van der Waals surface area contributed by atoms with E-state index in [4.69, 9.17) is 9.84 Å². The van der Waals surface area contributed by atoms with Crippen LogP contribution in [0.25, 0.3) is 11.1 Å². The molecule has 1 aliphatic rings. The average molecular weight is 444 g/mol. The van der Waals surface area contributed by atoms with Gasteiger partial charge in [-0.2, -0.15) is 0 Å². The molecule has 0 heterocycles. The molecule has 0 aromatic heterocycles. The van der Waals surface area contributed by atoms with Crippen molar-refractivity contribution in [3.63, 3.8) is 0 Å². The Morgan fingerprint density at radius 1 is 0.909 bits per heavy atom. The number of nitrogens with one attached hydrogen (secondary N) is 1. The van der Waals surface area contributed by atoms with Crippen molar-refractivity contribution in [2.45, 2.75) is 12.3 Å². The zero-order chi connectivity index (χ0) is 23.4. The van der Waals surface area contributed by atoms with Crippen molar-refractivity contribution in [2.75, 3.05) is 25.5 Å². The number of anilines is 1. The fourth-order valence-corrected chi connectivity index (χ4v) is 4.03. The second kappa shape index (κ2) is 9.56. The summed E-state index contributed by atoms with van der Waals surface area (Å²) in [6, 6.07) is 22.6. The second-order valence-corrected chi connectivity index (χ2v) is 7.90. The van der Waals surface area contributed by atoms with E-state index in [9.17, 15) is 14.4 Å². The maximum absolute atomic E-state index is 12.4. The van der Waals surface area contributed by atoms with Crippen molar-refractivity contribution in [1.82, 2.24) is 4.90 Å². The summed E-state index contributed by atoms with van der Waals surface area (Å²) in [5.41, 5.74) is 5.51. The van der Waals surface area contributed by atoms with Crippen LogP contribution in [0.2, 0.25) is 0 Å². The first-order valence-corrected chi connectivity index (χ1v) is 10.6. The predicted molar refractivity (Wildman–Crippen MR) is 124 cm³/mol. The summed E-state index contributed by atoms with van der Waals surface area (Å²) in [5.74, 6) is -1.27. The van der Waals surface area contributed by atoms with E-state index in [1.165, 1.54) is 4.90 Å². The van der Waals surface area contributed by atoms with Crippen LogP contribution in [0, 0.1) is 0 Å². The van der Waals surface area contributed by atoms with Gasteiger partial charge in [0.2, 0.25) is 0 Å². The lowest BCUT2D eigenvalue weighted by Gasteiger charge is -2.16. The number of carbonyl (C=O) groups excluding carboxylic acids is 2. The van der Waals surface area contributed by atoms with Crippen LogP contribution in [-0.2, 0) is 9.53 Å². The largest absolute Gasteiger partial charge is 0.481 e. The molecule has 168 valence electrons. The Morgan fingerprint density at radius 3 is 2.06 bits per heavy atom. The molecule has 0 aliphatic heterocycles. The van der Waals surface area contributed by atoms with Crippen LogP contribution in [0.5, 0.6) is 0 Å². The normalized spacial score (nSPS) is 11.9. The lowest BCUT2D eigenvalue weighted by atomic mass is 9.98. The molecule has 0 saturated carbocycles. The minimum atomic E-state index is -0.961. The third-order valence-electron chi connectivity index (χ3n) is 5.73. The number of fused-ring (bicyclic) bond motifs is 3. The summed E-state index contributed by atoms with van der Waals surface area (Å²) in [4.78, 5) is 36.8. The highest BCUT2D eigenvalue weighted by molar-refractivity contribution is 5.95. The molecule has 0 spiro atoms. The molecule has 4 rings (SSSR count). The van der Waals surface area contributed by atoms with Crippen LogP contribution in [0.4, 0.5) is 10.5 Å². The van der Waals surface area contributed by atoms with Crippen molar-refractivity contribution in [2.24, 2.45) is 0 Å². The van der Waals surface area contributed by atoms with Crippen molar-refractivity contribution in [3.8, 4) is 11.1 Å². The van der Waals surface area contributed by atoms with E-state index in [0.717, 1.165) is 22.3 Å². The summed E-state index contributed by atoms with van der Waals surface area (Å²) in [7, 11) is 1.55. The van der Waals surface area contributed by atoms with E-state index >= 15 is 0 Å². The summed E-state index contributed by atoms with van der Waals surface area (Å²) >= 11 is 0. The lowest BCUT2D eigenvalue weighted by Crippen LogP contribution is -2.29. The van der Waals surface area contributed by atoms with Crippen LogP contribution in [0.3, 0.4) is 0 Å². The smallest absolute Gasteiger partial charge is 0.411 e. The molecule has 0 fully saturated rings. The van der Waals surface area contributed by atoms with Gasteiger partial charge in [0.25, 0.3) is 5.91 Å². The quantitative estimate of drug-likeness (QED) is 0.556. The number of benzene rings is 3. The molecule has 0 radical (unpaired) electrons. The minimum Gasteiger partial charge on any atom is -0.481 e. The highest BCUT2D eigenvalue weighted by Gasteiger charge is 2.29. The molecular weight excluding hydrogens is 420 g/mol. The molecule has 0 unspecified atom stereocenters. The molecule has 0 saturated heterocycles. The number of ether oxygens (including phenoxy) is 1. The number of hydrogen-bond acceptors (Lipinski definition) is 4. The molecule has 0 bridgehead atoms. The molecule has 0 atom stereocenters. The number of amides is 2. The van der Waals surface area contributed by atoms with E-state index in [1.807, 2.05) is 24.3 Å². The number of aliphatic carboxylic acids is 1. The highest BCUT2D eigenvalue weighted by Crippen LogP contribution is 2.44. The van der Waals surface area contributed by atoms with Gasteiger partial charge in [0.1, 0.15) is 6.61 Å². The Balaban J connectivity index is 1.35. The Hall–Kier alpha value is -4.13.